The molecule has 6 heteroatoms. The highest BCUT2D eigenvalue weighted by molar-refractivity contribution is 6.08. The molecule has 3 aromatic rings. The van der Waals surface area contributed by atoms with Crippen molar-refractivity contribution in [1.82, 2.24) is 4.57 Å². The first kappa shape index (κ1) is 19.9. The number of ketones is 1. The molecule has 2 N–H and O–H groups in total. The Morgan fingerprint density at radius 2 is 1.90 bits per heavy atom. The number of carboxylic acid groups (broad SMARTS) is 1. The van der Waals surface area contributed by atoms with Crippen LogP contribution in [0.15, 0.2) is 72.9 Å². The number of hydrogen-bond donors (Lipinski definition) is 2. The van der Waals surface area contributed by atoms with E-state index in [4.69, 9.17) is 9.84 Å². The zero-order chi connectivity index (χ0) is 20.8. The standard InChI is InChI=1S/C23H21NO5/c1-16(23(27)28)29-20-10-2-6-17(14-20)7-4-12-24-13-5-11-21(24)22(26)18-8-3-9-19(25)15-18/h2-11,13-16,25H,12H2,1H3,(H,27,28)/t16-/m0/s1. The number of carbonyl (C=O) groups is 2. The molecule has 1 atom stereocenters. The smallest absolute Gasteiger partial charge is 0.344 e. The van der Waals surface area contributed by atoms with Crippen molar-refractivity contribution in [2.45, 2.75) is 19.6 Å². The zero-order valence-electron chi connectivity index (χ0n) is 15.9. The van der Waals surface area contributed by atoms with Gasteiger partial charge in [-0.05, 0) is 48.9 Å². The maximum absolute atomic E-state index is 12.7. The molecule has 0 radical (unpaired) electrons. The third kappa shape index (κ3) is 5.13. The molecule has 0 spiro atoms. The summed E-state index contributed by atoms with van der Waals surface area (Å²) in [7, 11) is 0. The average molecular weight is 391 g/mol. The normalized spacial score (nSPS) is 12.0. The van der Waals surface area contributed by atoms with E-state index in [2.05, 4.69) is 0 Å². The highest BCUT2D eigenvalue weighted by atomic mass is 16.5. The molecule has 0 saturated heterocycles. The van der Waals surface area contributed by atoms with Gasteiger partial charge >= 0.3 is 5.97 Å². The summed E-state index contributed by atoms with van der Waals surface area (Å²) in [6.45, 7) is 1.95. The molecule has 148 valence electrons. The quantitative estimate of drug-likeness (QED) is 0.567. The van der Waals surface area contributed by atoms with Crippen LogP contribution in [0.1, 0.15) is 28.5 Å². The highest BCUT2D eigenvalue weighted by Crippen LogP contribution is 2.18. The van der Waals surface area contributed by atoms with Crippen LogP contribution in [-0.2, 0) is 11.3 Å². The number of hydrogen-bond acceptors (Lipinski definition) is 4. The molecule has 0 saturated carbocycles. The lowest BCUT2D eigenvalue weighted by Gasteiger charge is -2.10. The molecule has 0 bridgehead atoms. The summed E-state index contributed by atoms with van der Waals surface area (Å²) in [6.07, 6.45) is 4.66. The van der Waals surface area contributed by atoms with Crippen LogP contribution < -0.4 is 4.74 Å². The fraction of sp³-hybridized carbons (Fsp3) is 0.130. The summed E-state index contributed by atoms with van der Waals surface area (Å²) in [5, 5.41) is 18.5. The molecule has 29 heavy (non-hydrogen) atoms. The van der Waals surface area contributed by atoms with Crippen molar-refractivity contribution in [3.63, 3.8) is 0 Å². The number of aliphatic carboxylic acids is 1. The first-order valence-corrected chi connectivity index (χ1v) is 9.09. The second-order valence-electron chi connectivity index (χ2n) is 6.50. The van der Waals surface area contributed by atoms with Gasteiger partial charge in [-0.1, -0.05) is 36.4 Å². The molecule has 0 aliphatic heterocycles. The van der Waals surface area contributed by atoms with Crippen LogP contribution in [0.25, 0.3) is 6.08 Å². The zero-order valence-corrected chi connectivity index (χ0v) is 15.9. The summed E-state index contributed by atoms with van der Waals surface area (Å²) in [6, 6.07) is 16.9. The monoisotopic (exact) mass is 391 g/mol. The van der Waals surface area contributed by atoms with Gasteiger partial charge in [-0.2, -0.15) is 0 Å². The Kier molecular flexibility index (Phi) is 6.14. The van der Waals surface area contributed by atoms with Gasteiger partial charge in [0.05, 0.1) is 5.69 Å². The third-order valence-corrected chi connectivity index (χ3v) is 4.30. The Labute approximate surface area is 168 Å². The number of aromatic nitrogens is 1. The molecule has 0 aliphatic rings. The number of phenolic OH excluding ortho intramolecular Hbond substituents is 1. The Morgan fingerprint density at radius 3 is 2.66 bits per heavy atom. The fourth-order valence-corrected chi connectivity index (χ4v) is 2.82. The van der Waals surface area contributed by atoms with Gasteiger partial charge in [0.2, 0.25) is 5.78 Å². The van der Waals surface area contributed by atoms with E-state index in [0.29, 0.717) is 23.6 Å². The third-order valence-electron chi connectivity index (χ3n) is 4.30. The van der Waals surface area contributed by atoms with E-state index >= 15 is 0 Å². The SMILES string of the molecule is C[C@H](Oc1cccc(C=CCn2cccc2C(=O)c2cccc(O)c2)c1)C(=O)O. The predicted molar refractivity (Wildman–Crippen MR) is 109 cm³/mol. The molecule has 2 aromatic carbocycles. The molecule has 0 aliphatic carbocycles. The predicted octanol–water partition coefficient (Wildman–Crippen LogP) is 3.99. The number of rotatable bonds is 8. The lowest BCUT2D eigenvalue weighted by molar-refractivity contribution is -0.144. The fourth-order valence-electron chi connectivity index (χ4n) is 2.82. The Bertz CT molecular complexity index is 1050. The highest BCUT2D eigenvalue weighted by Gasteiger charge is 2.14. The van der Waals surface area contributed by atoms with Gasteiger partial charge in [-0.15, -0.1) is 0 Å². The molecular formula is C23H21NO5. The van der Waals surface area contributed by atoms with Gasteiger partial charge in [0.25, 0.3) is 0 Å². The van der Waals surface area contributed by atoms with Gasteiger partial charge in [0, 0.05) is 18.3 Å². The number of carbonyl (C=O) groups excluding carboxylic acids is 1. The first-order chi connectivity index (χ1) is 13.9. The topological polar surface area (TPSA) is 88.8 Å². The van der Waals surface area contributed by atoms with Gasteiger partial charge in [-0.3, -0.25) is 4.79 Å². The summed E-state index contributed by atoms with van der Waals surface area (Å²) in [4.78, 5) is 23.6. The second-order valence-corrected chi connectivity index (χ2v) is 6.50. The minimum Gasteiger partial charge on any atom is -0.508 e. The van der Waals surface area contributed by atoms with Crippen molar-refractivity contribution < 1.29 is 24.5 Å². The van der Waals surface area contributed by atoms with Crippen LogP contribution in [0.5, 0.6) is 11.5 Å². The number of aromatic hydroxyl groups is 1. The average Bonchev–Trinajstić information content (AvgIpc) is 3.16. The van der Waals surface area contributed by atoms with Gasteiger partial charge in [-0.25, -0.2) is 4.79 Å². The molecule has 1 heterocycles. The van der Waals surface area contributed by atoms with E-state index in [1.807, 2.05) is 29.0 Å². The van der Waals surface area contributed by atoms with Gasteiger partial charge < -0.3 is 19.5 Å². The van der Waals surface area contributed by atoms with Crippen molar-refractivity contribution in [1.29, 1.82) is 0 Å². The molecule has 0 amide bonds. The van der Waals surface area contributed by atoms with E-state index in [0.717, 1.165) is 5.56 Å². The number of ether oxygens (including phenoxy) is 1. The Hall–Kier alpha value is -3.80. The molecular weight excluding hydrogens is 370 g/mol. The number of allylic oxidation sites excluding steroid dienone is 1. The van der Waals surface area contributed by atoms with Crippen molar-refractivity contribution in [2.75, 3.05) is 0 Å². The van der Waals surface area contributed by atoms with Crippen LogP contribution in [0.4, 0.5) is 0 Å². The van der Waals surface area contributed by atoms with Crippen molar-refractivity contribution >= 4 is 17.8 Å². The number of nitrogens with zero attached hydrogens (tertiary/aromatic N) is 1. The lowest BCUT2D eigenvalue weighted by atomic mass is 10.1. The molecule has 0 fully saturated rings. The van der Waals surface area contributed by atoms with Gasteiger partial charge in [0.1, 0.15) is 11.5 Å². The summed E-state index contributed by atoms with van der Waals surface area (Å²) < 4.78 is 7.19. The number of benzene rings is 2. The summed E-state index contributed by atoms with van der Waals surface area (Å²) in [5.41, 5.74) is 1.80. The molecule has 1 aromatic heterocycles. The summed E-state index contributed by atoms with van der Waals surface area (Å²) in [5.74, 6) is -0.671. The lowest BCUT2D eigenvalue weighted by Crippen LogP contribution is -2.22. The number of carboxylic acids is 1. The van der Waals surface area contributed by atoms with E-state index in [1.165, 1.54) is 19.1 Å². The minimum atomic E-state index is -1.03. The molecule has 6 nitrogen and oxygen atoms in total. The van der Waals surface area contributed by atoms with Crippen LogP contribution in [-0.4, -0.2) is 32.6 Å². The van der Waals surface area contributed by atoms with Crippen LogP contribution >= 0.6 is 0 Å². The van der Waals surface area contributed by atoms with Crippen molar-refractivity contribution in [3.05, 3.63) is 89.8 Å². The maximum Gasteiger partial charge on any atom is 0.344 e. The maximum atomic E-state index is 12.7. The Balaban J connectivity index is 1.70. The van der Waals surface area contributed by atoms with E-state index in [-0.39, 0.29) is 11.5 Å². The van der Waals surface area contributed by atoms with Crippen LogP contribution in [0, 0.1) is 0 Å². The summed E-state index contributed by atoms with van der Waals surface area (Å²) >= 11 is 0. The van der Waals surface area contributed by atoms with E-state index in [9.17, 15) is 14.7 Å². The van der Waals surface area contributed by atoms with Crippen molar-refractivity contribution in [3.8, 4) is 11.5 Å². The molecule has 3 rings (SSSR count). The number of phenols is 1. The second kappa shape index (κ2) is 8.93. The van der Waals surface area contributed by atoms with E-state index < -0.39 is 12.1 Å². The Morgan fingerprint density at radius 1 is 1.10 bits per heavy atom. The van der Waals surface area contributed by atoms with Gasteiger partial charge in [0.15, 0.2) is 6.10 Å². The van der Waals surface area contributed by atoms with Crippen LogP contribution in [0.3, 0.4) is 0 Å². The van der Waals surface area contributed by atoms with Crippen molar-refractivity contribution in [2.24, 2.45) is 0 Å². The largest absolute Gasteiger partial charge is 0.508 e. The molecule has 0 unspecified atom stereocenters. The van der Waals surface area contributed by atoms with E-state index in [1.54, 1.807) is 42.5 Å². The van der Waals surface area contributed by atoms with Crippen LogP contribution in [0.2, 0.25) is 0 Å². The minimum absolute atomic E-state index is 0.0492. The first-order valence-electron chi connectivity index (χ1n) is 9.09.